The van der Waals surface area contributed by atoms with Crippen LogP contribution in [0.25, 0.3) is 0 Å². The van der Waals surface area contributed by atoms with Crippen LogP contribution in [-0.4, -0.2) is 27.5 Å². The lowest BCUT2D eigenvalue weighted by Gasteiger charge is -2.12. The van der Waals surface area contributed by atoms with Gasteiger partial charge in [0.1, 0.15) is 6.61 Å². The van der Waals surface area contributed by atoms with E-state index in [2.05, 4.69) is 5.32 Å². The number of halogens is 1. The quantitative estimate of drug-likeness (QED) is 0.779. The molecule has 3 N–H and O–H groups in total. The van der Waals surface area contributed by atoms with E-state index in [0.717, 1.165) is 6.42 Å². The summed E-state index contributed by atoms with van der Waals surface area (Å²) < 4.78 is 27.6. The zero-order chi connectivity index (χ0) is 15.3. The summed E-state index contributed by atoms with van der Waals surface area (Å²) in [5.41, 5.74) is 0.856. The minimum absolute atomic E-state index is 0.0828. The van der Waals surface area contributed by atoms with Gasteiger partial charge in [0.2, 0.25) is 15.9 Å². The first-order valence-corrected chi connectivity index (χ1v) is 7.88. The number of aryl methyl sites for hydroxylation is 1. The van der Waals surface area contributed by atoms with Crippen molar-refractivity contribution in [2.75, 3.05) is 18.5 Å². The Hall–Kier alpha value is -1.15. The lowest BCUT2D eigenvalue weighted by atomic mass is 10.2. The number of anilines is 1. The minimum atomic E-state index is -3.83. The molecule has 0 spiro atoms. The largest absolute Gasteiger partial charge is 0.372 e. The molecule has 1 amide bonds. The SMILES string of the molecule is CCCOCC(=O)Nc1c(C)cc(S(N)(=O)=O)cc1Cl. The van der Waals surface area contributed by atoms with E-state index in [-0.39, 0.29) is 22.4 Å². The fraction of sp³-hybridized carbons (Fsp3) is 0.417. The number of carbonyl (C=O) groups excluding carboxylic acids is 1. The number of rotatable bonds is 6. The van der Waals surface area contributed by atoms with E-state index < -0.39 is 10.0 Å². The van der Waals surface area contributed by atoms with Crippen molar-refractivity contribution < 1.29 is 17.9 Å². The van der Waals surface area contributed by atoms with Crippen LogP contribution < -0.4 is 10.5 Å². The monoisotopic (exact) mass is 320 g/mol. The predicted molar refractivity (Wildman–Crippen MR) is 77.3 cm³/mol. The Labute approximate surface area is 123 Å². The third-order valence-electron chi connectivity index (χ3n) is 2.44. The maximum Gasteiger partial charge on any atom is 0.250 e. The molecule has 0 bridgehead atoms. The van der Waals surface area contributed by atoms with Gasteiger partial charge in [0.15, 0.2) is 0 Å². The summed E-state index contributed by atoms with van der Waals surface area (Å²) in [6.07, 6.45) is 0.816. The van der Waals surface area contributed by atoms with E-state index in [0.29, 0.717) is 17.9 Å². The number of hydrogen-bond acceptors (Lipinski definition) is 4. The molecule has 1 rings (SSSR count). The van der Waals surface area contributed by atoms with Gasteiger partial charge >= 0.3 is 0 Å². The van der Waals surface area contributed by atoms with E-state index >= 15 is 0 Å². The molecule has 0 saturated carbocycles. The molecular formula is C12H17ClN2O4S. The van der Waals surface area contributed by atoms with Gasteiger partial charge in [-0.25, -0.2) is 13.6 Å². The molecule has 0 fully saturated rings. The summed E-state index contributed by atoms with van der Waals surface area (Å²) in [4.78, 5) is 11.5. The number of hydrogen-bond donors (Lipinski definition) is 2. The topological polar surface area (TPSA) is 98.5 Å². The Morgan fingerprint density at radius 2 is 2.10 bits per heavy atom. The zero-order valence-electron chi connectivity index (χ0n) is 11.3. The fourth-order valence-corrected chi connectivity index (χ4v) is 2.52. The summed E-state index contributed by atoms with van der Waals surface area (Å²) in [5.74, 6) is -0.355. The average molecular weight is 321 g/mol. The molecule has 6 nitrogen and oxygen atoms in total. The predicted octanol–water partition coefficient (Wildman–Crippen LogP) is 1.66. The molecule has 0 aliphatic rings. The molecule has 1 aromatic carbocycles. The second-order valence-electron chi connectivity index (χ2n) is 4.24. The van der Waals surface area contributed by atoms with Crippen molar-refractivity contribution in [3.8, 4) is 0 Å². The molecule has 0 saturated heterocycles. The van der Waals surface area contributed by atoms with Gasteiger partial charge in [-0.2, -0.15) is 0 Å². The number of nitrogens with one attached hydrogen (secondary N) is 1. The molecule has 0 radical (unpaired) electrons. The Kier molecular flexibility index (Phi) is 5.94. The fourth-order valence-electron chi connectivity index (χ4n) is 1.52. The van der Waals surface area contributed by atoms with E-state index in [4.69, 9.17) is 21.5 Å². The first kappa shape index (κ1) is 16.9. The molecule has 0 aliphatic heterocycles. The zero-order valence-corrected chi connectivity index (χ0v) is 12.8. The lowest BCUT2D eigenvalue weighted by molar-refractivity contribution is -0.120. The summed E-state index contributed by atoms with van der Waals surface area (Å²) in [5, 5.41) is 7.73. The molecule has 8 heteroatoms. The van der Waals surface area contributed by atoms with Crippen molar-refractivity contribution in [2.24, 2.45) is 5.14 Å². The third kappa shape index (κ3) is 4.75. The van der Waals surface area contributed by atoms with Crippen LogP contribution >= 0.6 is 11.6 Å². The summed E-state index contributed by atoms with van der Waals surface area (Å²) in [7, 11) is -3.83. The van der Waals surface area contributed by atoms with Gasteiger partial charge < -0.3 is 10.1 Å². The van der Waals surface area contributed by atoms with Gasteiger partial charge in [0.25, 0.3) is 0 Å². The molecule has 112 valence electrons. The van der Waals surface area contributed by atoms with Gasteiger partial charge in [0, 0.05) is 6.61 Å². The highest BCUT2D eigenvalue weighted by Crippen LogP contribution is 2.28. The number of benzene rings is 1. The van der Waals surface area contributed by atoms with Crippen LogP contribution in [0.2, 0.25) is 5.02 Å². The van der Waals surface area contributed by atoms with Crippen molar-refractivity contribution in [3.63, 3.8) is 0 Å². The van der Waals surface area contributed by atoms with E-state index in [1.807, 2.05) is 6.92 Å². The van der Waals surface area contributed by atoms with Crippen LogP contribution in [0.15, 0.2) is 17.0 Å². The molecule has 20 heavy (non-hydrogen) atoms. The molecule has 1 aromatic rings. The molecular weight excluding hydrogens is 304 g/mol. The second kappa shape index (κ2) is 7.03. The molecule has 0 aliphatic carbocycles. The van der Waals surface area contributed by atoms with Crippen LogP contribution in [0.5, 0.6) is 0 Å². The number of nitrogens with two attached hydrogens (primary N) is 1. The maximum atomic E-state index is 11.6. The smallest absolute Gasteiger partial charge is 0.250 e. The summed E-state index contributed by atoms with van der Waals surface area (Å²) >= 11 is 5.97. The average Bonchev–Trinajstić information content (AvgIpc) is 2.32. The number of carbonyl (C=O) groups is 1. The summed E-state index contributed by atoms with van der Waals surface area (Å²) in [6, 6.07) is 2.55. The first-order chi connectivity index (χ1) is 9.25. The van der Waals surface area contributed by atoms with E-state index in [1.54, 1.807) is 6.92 Å². The molecule has 0 heterocycles. The van der Waals surface area contributed by atoms with Gasteiger partial charge in [-0.1, -0.05) is 18.5 Å². The van der Waals surface area contributed by atoms with E-state index in [1.165, 1.54) is 12.1 Å². The Balaban J connectivity index is 2.90. The second-order valence-corrected chi connectivity index (χ2v) is 6.21. The molecule has 0 aromatic heterocycles. The van der Waals surface area contributed by atoms with Crippen molar-refractivity contribution in [2.45, 2.75) is 25.2 Å². The van der Waals surface area contributed by atoms with Gasteiger partial charge in [-0.3, -0.25) is 4.79 Å². The van der Waals surface area contributed by atoms with Gasteiger partial charge in [-0.15, -0.1) is 0 Å². The van der Waals surface area contributed by atoms with Gasteiger partial charge in [-0.05, 0) is 31.0 Å². The number of primary sulfonamides is 1. The van der Waals surface area contributed by atoms with Crippen LogP contribution in [0.4, 0.5) is 5.69 Å². The minimum Gasteiger partial charge on any atom is -0.372 e. The highest BCUT2D eigenvalue weighted by molar-refractivity contribution is 7.89. The van der Waals surface area contributed by atoms with Crippen LogP contribution in [-0.2, 0) is 19.6 Å². The van der Waals surface area contributed by atoms with E-state index in [9.17, 15) is 13.2 Å². The Morgan fingerprint density at radius 1 is 1.45 bits per heavy atom. The van der Waals surface area contributed by atoms with Crippen molar-refractivity contribution in [1.82, 2.24) is 0 Å². The third-order valence-corrected chi connectivity index (χ3v) is 3.63. The van der Waals surface area contributed by atoms with Crippen LogP contribution in [0, 0.1) is 6.92 Å². The number of sulfonamides is 1. The summed E-state index contributed by atoms with van der Waals surface area (Å²) in [6.45, 7) is 3.97. The standard InChI is InChI=1S/C12H17ClN2O4S/c1-3-4-19-7-11(16)15-12-8(2)5-9(6-10(12)13)20(14,17)18/h5-6H,3-4,7H2,1-2H3,(H,15,16)(H2,14,17,18). The van der Waals surface area contributed by atoms with Crippen LogP contribution in [0.1, 0.15) is 18.9 Å². The molecule has 0 atom stereocenters. The number of ether oxygens (including phenoxy) is 1. The maximum absolute atomic E-state index is 11.6. The number of amides is 1. The Bertz CT molecular complexity index is 578. The first-order valence-electron chi connectivity index (χ1n) is 5.96. The van der Waals surface area contributed by atoms with Crippen molar-refractivity contribution in [3.05, 3.63) is 22.7 Å². The lowest BCUT2D eigenvalue weighted by Crippen LogP contribution is -2.20. The normalized spacial score (nSPS) is 11.4. The van der Waals surface area contributed by atoms with Crippen molar-refractivity contribution >= 4 is 33.2 Å². The molecule has 0 unspecified atom stereocenters. The van der Waals surface area contributed by atoms with Crippen molar-refractivity contribution in [1.29, 1.82) is 0 Å². The highest BCUT2D eigenvalue weighted by atomic mass is 35.5. The van der Waals surface area contributed by atoms with Crippen LogP contribution in [0.3, 0.4) is 0 Å². The van der Waals surface area contributed by atoms with Gasteiger partial charge in [0.05, 0.1) is 15.6 Å². The Morgan fingerprint density at radius 3 is 2.60 bits per heavy atom. The highest BCUT2D eigenvalue weighted by Gasteiger charge is 2.15.